The molecule has 2 aliphatic rings. The highest BCUT2D eigenvalue weighted by atomic mass is 19.1. The molecule has 0 saturated carbocycles. The molecule has 2 fully saturated rings. The summed E-state index contributed by atoms with van der Waals surface area (Å²) < 4.78 is 13.2. The quantitative estimate of drug-likeness (QED) is 0.687. The molecule has 0 aliphatic carbocycles. The van der Waals surface area contributed by atoms with Crippen molar-refractivity contribution in [1.29, 1.82) is 0 Å². The first-order valence-electron chi connectivity index (χ1n) is 9.52. The lowest BCUT2D eigenvalue weighted by atomic mass is 9.72. The molecule has 2 heterocycles. The molecular weight excluding hydrogens is 367 g/mol. The number of amides is 1. The minimum absolute atomic E-state index is 0.0330. The summed E-state index contributed by atoms with van der Waals surface area (Å²) in [6.07, 6.45) is -0.491. The van der Waals surface area contributed by atoms with Crippen LogP contribution < -0.4 is 0 Å². The van der Waals surface area contributed by atoms with Crippen molar-refractivity contribution >= 4 is 11.9 Å². The molecule has 154 valence electrons. The van der Waals surface area contributed by atoms with Gasteiger partial charge in [0, 0.05) is 26.2 Å². The Hall–Kier alpha value is -2.03. The number of hydrogen-bond donors (Lipinski definition) is 3. The standard InChI is InChI=1S/C20H27FN2O5/c1-22-10-7-20(28,8-11-22)17(25)23-9-6-16(24)19(13-23,18(26)27)12-14-2-4-15(21)5-3-14/h2-5,16,24,28H,6-13H2,1H3,(H,26,27)/t16-,19-/m1/s1. The monoisotopic (exact) mass is 394 g/mol. The summed E-state index contributed by atoms with van der Waals surface area (Å²) >= 11 is 0. The van der Waals surface area contributed by atoms with Gasteiger partial charge in [0.05, 0.1) is 6.10 Å². The zero-order valence-corrected chi connectivity index (χ0v) is 16.0. The first kappa shape index (κ1) is 20.7. The highest BCUT2D eigenvalue weighted by Crippen LogP contribution is 2.36. The van der Waals surface area contributed by atoms with Crippen molar-refractivity contribution < 1.29 is 29.3 Å². The Morgan fingerprint density at radius 2 is 1.79 bits per heavy atom. The van der Waals surface area contributed by atoms with Crippen LogP contribution in [-0.2, 0) is 16.0 Å². The van der Waals surface area contributed by atoms with Crippen LogP contribution in [-0.4, -0.2) is 81.9 Å². The molecule has 0 spiro atoms. The van der Waals surface area contributed by atoms with Crippen LogP contribution in [0.2, 0.25) is 0 Å². The lowest BCUT2D eigenvalue weighted by molar-refractivity contribution is -0.173. The molecule has 2 aliphatic heterocycles. The molecule has 2 atom stereocenters. The van der Waals surface area contributed by atoms with E-state index in [0.717, 1.165) is 0 Å². The van der Waals surface area contributed by atoms with Gasteiger partial charge in [0.2, 0.25) is 0 Å². The Morgan fingerprint density at radius 3 is 2.36 bits per heavy atom. The highest BCUT2D eigenvalue weighted by molar-refractivity contribution is 5.86. The topological polar surface area (TPSA) is 101 Å². The average molecular weight is 394 g/mol. The van der Waals surface area contributed by atoms with Gasteiger partial charge in [-0.1, -0.05) is 12.1 Å². The zero-order valence-electron chi connectivity index (χ0n) is 16.0. The van der Waals surface area contributed by atoms with Crippen LogP contribution in [0.25, 0.3) is 0 Å². The smallest absolute Gasteiger partial charge is 0.314 e. The SMILES string of the molecule is CN1CCC(O)(C(=O)N2CC[C@@H](O)[C@](Cc3ccc(F)cc3)(C(=O)O)C2)CC1. The second-order valence-electron chi connectivity index (χ2n) is 8.13. The number of rotatable bonds is 4. The maximum atomic E-state index is 13.2. The molecule has 3 N–H and O–H groups in total. The summed E-state index contributed by atoms with van der Waals surface area (Å²) in [7, 11) is 1.92. The first-order valence-corrected chi connectivity index (χ1v) is 9.52. The van der Waals surface area contributed by atoms with Gasteiger partial charge in [-0.2, -0.15) is 0 Å². The van der Waals surface area contributed by atoms with E-state index in [1.165, 1.54) is 29.2 Å². The predicted molar refractivity (Wildman–Crippen MR) is 99.1 cm³/mol. The van der Waals surface area contributed by atoms with E-state index in [-0.39, 0.29) is 25.9 Å². The van der Waals surface area contributed by atoms with E-state index < -0.39 is 34.8 Å². The Bertz CT molecular complexity index is 733. The van der Waals surface area contributed by atoms with Gasteiger partial charge in [-0.25, -0.2) is 4.39 Å². The lowest BCUT2D eigenvalue weighted by Crippen LogP contribution is -2.62. The summed E-state index contributed by atoms with van der Waals surface area (Å²) in [5, 5.41) is 31.3. The van der Waals surface area contributed by atoms with Crippen LogP contribution in [0.4, 0.5) is 4.39 Å². The van der Waals surface area contributed by atoms with Crippen molar-refractivity contribution in [3.63, 3.8) is 0 Å². The predicted octanol–water partition coefficient (Wildman–Crippen LogP) is 0.489. The maximum Gasteiger partial charge on any atom is 0.314 e. The number of aliphatic carboxylic acids is 1. The average Bonchev–Trinajstić information content (AvgIpc) is 2.67. The minimum atomic E-state index is -1.60. The first-order chi connectivity index (χ1) is 13.2. The summed E-state index contributed by atoms with van der Waals surface area (Å²) in [5.41, 5.74) is -2.54. The number of carbonyl (C=O) groups excluding carboxylic acids is 1. The summed E-state index contributed by atoms with van der Waals surface area (Å²) in [6.45, 7) is 1.16. The van der Waals surface area contributed by atoms with E-state index in [0.29, 0.717) is 31.5 Å². The van der Waals surface area contributed by atoms with Crippen LogP contribution in [0.5, 0.6) is 0 Å². The van der Waals surface area contributed by atoms with Gasteiger partial charge in [0.15, 0.2) is 0 Å². The van der Waals surface area contributed by atoms with E-state index in [1.54, 1.807) is 0 Å². The van der Waals surface area contributed by atoms with Crippen molar-refractivity contribution in [2.24, 2.45) is 5.41 Å². The lowest BCUT2D eigenvalue weighted by Gasteiger charge is -2.46. The van der Waals surface area contributed by atoms with Gasteiger partial charge >= 0.3 is 5.97 Å². The third kappa shape index (κ3) is 3.90. The van der Waals surface area contributed by atoms with Gasteiger partial charge in [0.25, 0.3) is 5.91 Å². The van der Waals surface area contributed by atoms with E-state index in [2.05, 4.69) is 0 Å². The van der Waals surface area contributed by atoms with Crippen LogP contribution in [0.1, 0.15) is 24.8 Å². The number of carboxylic acids is 1. The van der Waals surface area contributed by atoms with E-state index in [4.69, 9.17) is 0 Å². The van der Waals surface area contributed by atoms with Gasteiger partial charge in [-0.15, -0.1) is 0 Å². The zero-order chi connectivity index (χ0) is 20.5. The minimum Gasteiger partial charge on any atom is -0.481 e. The number of carbonyl (C=O) groups is 2. The molecule has 3 rings (SSSR count). The fourth-order valence-corrected chi connectivity index (χ4v) is 4.18. The van der Waals surface area contributed by atoms with Gasteiger partial charge in [0.1, 0.15) is 16.8 Å². The number of nitrogens with zero attached hydrogens (tertiary/aromatic N) is 2. The number of piperidine rings is 2. The molecule has 1 aromatic rings. The molecule has 1 aromatic carbocycles. The summed E-state index contributed by atoms with van der Waals surface area (Å²) in [5.74, 6) is -2.12. The Labute approximate surface area is 163 Å². The van der Waals surface area contributed by atoms with Crippen molar-refractivity contribution in [1.82, 2.24) is 9.80 Å². The Kier molecular flexibility index (Phi) is 5.74. The summed E-state index contributed by atoms with van der Waals surface area (Å²) in [6, 6.07) is 5.45. The molecule has 0 bridgehead atoms. The van der Waals surface area contributed by atoms with Crippen molar-refractivity contribution in [3.05, 3.63) is 35.6 Å². The van der Waals surface area contributed by atoms with Crippen molar-refractivity contribution in [2.75, 3.05) is 33.2 Å². The van der Waals surface area contributed by atoms with Gasteiger partial charge in [-0.05, 0) is 50.4 Å². The van der Waals surface area contributed by atoms with Crippen LogP contribution >= 0.6 is 0 Å². The van der Waals surface area contributed by atoms with Crippen molar-refractivity contribution in [3.8, 4) is 0 Å². The normalized spacial score (nSPS) is 28.1. The van der Waals surface area contributed by atoms with E-state index >= 15 is 0 Å². The second-order valence-corrected chi connectivity index (χ2v) is 8.13. The van der Waals surface area contributed by atoms with Crippen LogP contribution in [0, 0.1) is 11.2 Å². The second kappa shape index (κ2) is 7.77. The molecule has 7 nitrogen and oxygen atoms in total. The highest BCUT2D eigenvalue weighted by Gasteiger charge is 2.52. The van der Waals surface area contributed by atoms with E-state index in [1.807, 2.05) is 11.9 Å². The number of carboxylic acid groups (broad SMARTS) is 1. The number of halogens is 1. The molecule has 28 heavy (non-hydrogen) atoms. The molecule has 2 saturated heterocycles. The number of aliphatic hydroxyl groups excluding tert-OH is 1. The molecular formula is C20H27FN2O5. The Balaban J connectivity index is 1.83. The van der Waals surface area contributed by atoms with Gasteiger partial charge in [-0.3, -0.25) is 9.59 Å². The Morgan fingerprint density at radius 1 is 1.18 bits per heavy atom. The maximum absolute atomic E-state index is 13.2. The molecule has 8 heteroatoms. The van der Waals surface area contributed by atoms with Crippen molar-refractivity contribution in [2.45, 2.75) is 37.4 Å². The van der Waals surface area contributed by atoms with Crippen LogP contribution in [0.15, 0.2) is 24.3 Å². The third-order valence-electron chi connectivity index (χ3n) is 6.14. The number of benzene rings is 1. The van der Waals surface area contributed by atoms with E-state index in [9.17, 15) is 29.3 Å². The largest absolute Gasteiger partial charge is 0.481 e. The number of aliphatic hydroxyl groups is 2. The fraction of sp³-hybridized carbons (Fsp3) is 0.600. The number of hydrogen-bond acceptors (Lipinski definition) is 5. The summed E-state index contributed by atoms with van der Waals surface area (Å²) in [4.78, 5) is 28.6. The van der Waals surface area contributed by atoms with Crippen LogP contribution in [0.3, 0.4) is 0 Å². The number of likely N-dealkylation sites (tertiary alicyclic amines) is 2. The molecule has 0 aromatic heterocycles. The third-order valence-corrected chi connectivity index (χ3v) is 6.14. The molecule has 0 radical (unpaired) electrons. The van der Waals surface area contributed by atoms with Gasteiger partial charge < -0.3 is 25.1 Å². The molecule has 1 amide bonds. The molecule has 0 unspecified atom stereocenters. The fourth-order valence-electron chi connectivity index (χ4n) is 4.18.